The molecule has 0 saturated carbocycles. The minimum Gasteiger partial charge on any atom is -0.463 e. The maximum Gasteiger partial charge on any atom is 0.305 e. The highest BCUT2D eigenvalue weighted by Crippen LogP contribution is 2.13. The van der Waals surface area contributed by atoms with E-state index in [0.717, 1.165) is 38.5 Å². The summed E-state index contributed by atoms with van der Waals surface area (Å²) in [5, 5.41) is 20.0. The maximum atomic E-state index is 11.9. The van der Waals surface area contributed by atoms with Crippen molar-refractivity contribution in [3.63, 3.8) is 0 Å². The van der Waals surface area contributed by atoms with Crippen molar-refractivity contribution in [1.29, 1.82) is 0 Å². The zero-order valence-electron chi connectivity index (χ0n) is 28.3. The molecule has 0 aliphatic carbocycles. The van der Waals surface area contributed by atoms with Crippen LogP contribution in [0.3, 0.4) is 0 Å². The van der Waals surface area contributed by atoms with E-state index in [0.29, 0.717) is 19.3 Å². The van der Waals surface area contributed by atoms with Gasteiger partial charge < -0.3 is 19.7 Å². The Bertz CT molecular complexity index is 769. The number of hydrogen-bond acceptors (Lipinski definition) is 6. The van der Waals surface area contributed by atoms with Crippen molar-refractivity contribution in [2.45, 2.75) is 167 Å². The molecule has 0 unspecified atom stereocenters. The quantitative estimate of drug-likeness (QED) is 0.0348. The van der Waals surface area contributed by atoms with E-state index in [9.17, 15) is 19.8 Å². The number of rotatable bonds is 31. The van der Waals surface area contributed by atoms with Crippen molar-refractivity contribution >= 4 is 11.9 Å². The molecule has 6 heteroatoms. The van der Waals surface area contributed by atoms with E-state index < -0.39 is 18.2 Å². The molecule has 0 aromatic heterocycles. The minimum atomic E-state index is -1.04. The molecular weight excluding hydrogens is 552 g/mol. The van der Waals surface area contributed by atoms with Crippen LogP contribution in [0.25, 0.3) is 0 Å². The number of carbonyl (C=O) groups is 2. The normalized spacial score (nSPS) is 13.5. The number of hydrogen-bond donors (Lipinski definition) is 2. The summed E-state index contributed by atoms with van der Waals surface area (Å²) >= 11 is 0. The molecule has 0 aliphatic heterocycles. The Hall–Kier alpha value is -2.18. The summed E-state index contributed by atoms with van der Waals surface area (Å²) in [6.45, 7) is 4.08. The standard InChI is InChI=1S/C38H66O6/c1-3-5-7-9-11-13-15-17-18-20-22-24-26-29-35(39)30-28-32-38(42)44-34-36(40)33-43-37(41)31-27-25-23-21-19-16-14-12-10-8-6-4-2/h11,13,17-18,22,24,26,29,35-36,39-40H,3-10,12,14-16,19-21,23,25,27-28,30-34H2,1-2H3/b13-11-,18-17-,24-22-,29-26+/t35-,36+/m1/s1. The van der Waals surface area contributed by atoms with Crippen molar-refractivity contribution in [2.75, 3.05) is 13.2 Å². The van der Waals surface area contributed by atoms with E-state index >= 15 is 0 Å². The van der Waals surface area contributed by atoms with Crippen LogP contribution in [0.1, 0.15) is 155 Å². The second kappa shape index (κ2) is 33.7. The Morgan fingerprint density at radius 2 is 1.05 bits per heavy atom. The summed E-state index contributed by atoms with van der Waals surface area (Å²) in [6, 6.07) is 0. The van der Waals surface area contributed by atoms with Gasteiger partial charge in [-0.2, -0.15) is 0 Å². The Balaban J connectivity index is 3.67. The first-order valence-electron chi connectivity index (χ1n) is 17.8. The highest BCUT2D eigenvalue weighted by molar-refractivity contribution is 5.69. The lowest BCUT2D eigenvalue weighted by Crippen LogP contribution is -2.25. The van der Waals surface area contributed by atoms with E-state index in [2.05, 4.69) is 38.2 Å². The third kappa shape index (κ3) is 32.7. The van der Waals surface area contributed by atoms with Gasteiger partial charge >= 0.3 is 11.9 Å². The van der Waals surface area contributed by atoms with Crippen molar-refractivity contribution in [2.24, 2.45) is 0 Å². The van der Waals surface area contributed by atoms with E-state index in [4.69, 9.17) is 9.47 Å². The first kappa shape index (κ1) is 41.8. The SMILES string of the molecule is CCCCC/C=C\C/C=C\C/C=C\C=C\[C@@H](O)CCCC(=O)OC[C@@H](O)COC(=O)CCCCCCCCCCCCCC. The van der Waals surface area contributed by atoms with E-state index in [-0.39, 0.29) is 25.6 Å². The molecule has 254 valence electrons. The summed E-state index contributed by atoms with van der Waals surface area (Å²) in [5.41, 5.74) is 0. The van der Waals surface area contributed by atoms with Gasteiger partial charge in [-0.15, -0.1) is 0 Å². The van der Waals surface area contributed by atoms with Crippen molar-refractivity contribution in [1.82, 2.24) is 0 Å². The maximum absolute atomic E-state index is 11.9. The minimum absolute atomic E-state index is 0.157. The molecule has 0 radical (unpaired) electrons. The third-order valence-electron chi connectivity index (χ3n) is 7.42. The molecule has 0 heterocycles. The number of carbonyl (C=O) groups excluding carboxylic acids is 2. The number of unbranched alkanes of at least 4 members (excludes halogenated alkanes) is 14. The summed E-state index contributed by atoms with van der Waals surface area (Å²) in [5.74, 6) is -0.762. The molecule has 2 N–H and O–H groups in total. The Morgan fingerprint density at radius 1 is 0.568 bits per heavy atom. The molecule has 0 aliphatic rings. The Kier molecular flexibility index (Phi) is 32.0. The topological polar surface area (TPSA) is 93.1 Å². The van der Waals surface area contributed by atoms with Crippen LogP contribution in [0.2, 0.25) is 0 Å². The van der Waals surface area contributed by atoms with Gasteiger partial charge in [0, 0.05) is 12.8 Å². The average Bonchev–Trinajstić information content (AvgIpc) is 3.01. The molecule has 0 aromatic carbocycles. The van der Waals surface area contributed by atoms with E-state index in [1.165, 1.54) is 77.0 Å². The zero-order chi connectivity index (χ0) is 32.4. The van der Waals surface area contributed by atoms with Crippen molar-refractivity contribution in [3.05, 3.63) is 48.6 Å². The molecular formula is C38H66O6. The van der Waals surface area contributed by atoms with Gasteiger partial charge in [0.05, 0.1) is 6.10 Å². The highest BCUT2D eigenvalue weighted by atomic mass is 16.6. The number of aliphatic hydroxyl groups excluding tert-OH is 2. The van der Waals surface area contributed by atoms with E-state index in [1.807, 2.05) is 18.2 Å². The number of ether oxygens (including phenoxy) is 2. The van der Waals surface area contributed by atoms with Gasteiger partial charge in [-0.25, -0.2) is 0 Å². The molecule has 0 amide bonds. The summed E-state index contributed by atoms with van der Waals surface area (Å²) in [4.78, 5) is 23.8. The van der Waals surface area contributed by atoms with Gasteiger partial charge in [0.1, 0.15) is 19.3 Å². The lowest BCUT2D eigenvalue weighted by atomic mass is 10.0. The van der Waals surface area contributed by atoms with Crippen LogP contribution in [-0.2, 0) is 19.1 Å². The van der Waals surface area contributed by atoms with Crippen LogP contribution >= 0.6 is 0 Å². The monoisotopic (exact) mass is 618 g/mol. The van der Waals surface area contributed by atoms with E-state index in [1.54, 1.807) is 6.08 Å². The zero-order valence-corrected chi connectivity index (χ0v) is 28.3. The summed E-state index contributed by atoms with van der Waals surface area (Å²) in [6.07, 6.45) is 37.6. The van der Waals surface area contributed by atoms with Crippen LogP contribution in [-0.4, -0.2) is 47.6 Å². The summed E-state index contributed by atoms with van der Waals surface area (Å²) < 4.78 is 10.2. The predicted molar refractivity (Wildman–Crippen MR) is 183 cm³/mol. The smallest absolute Gasteiger partial charge is 0.305 e. The van der Waals surface area contributed by atoms with Gasteiger partial charge in [-0.3, -0.25) is 9.59 Å². The molecule has 44 heavy (non-hydrogen) atoms. The molecule has 0 rings (SSSR count). The Labute approximate surface area is 270 Å². The molecule has 0 fully saturated rings. The predicted octanol–water partition coefficient (Wildman–Crippen LogP) is 9.64. The van der Waals surface area contributed by atoms with Crippen LogP contribution in [0.15, 0.2) is 48.6 Å². The lowest BCUT2D eigenvalue weighted by Gasteiger charge is -2.12. The van der Waals surface area contributed by atoms with Crippen LogP contribution < -0.4 is 0 Å². The van der Waals surface area contributed by atoms with Gasteiger partial charge in [-0.05, 0) is 44.9 Å². The molecule has 0 saturated heterocycles. The molecule has 0 bridgehead atoms. The van der Waals surface area contributed by atoms with Gasteiger partial charge in [0.25, 0.3) is 0 Å². The third-order valence-corrected chi connectivity index (χ3v) is 7.42. The fourth-order valence-electron chi connectivity index (χ4n) is 4.66. The number of allylic oxidation sites excluding steroid dienone is 7. The highest BCUT2D eigenvalue weighted by Gasteiger charge is 2.12. The molecule has 2 atom stereocenters. The first-order chi connectivity index (χ1) is 21.5. The largest absolute Gasteiger partial charge is 0.463 e. The van der Waals surface area contributed by atoms with Crippen molar-refractivity contribution in [3.8, 4) is 0 Å². The Morgan fingerprint density at radius 3 is 1.64 bits per heavy atom. The van der Waals surface area contributed by atoms with Crippen LogP contribution in [0, 0.1) is 0 Å². The fourth-order valence-corrected chi connectivity index (χ4v) is 4.66. The fraction of sp³-hybridized carbons (Fsp3) is 0.737. The first-order valence-corrected chi connectivity index (χ1v) is 17.8. The molecule has 6 nitrogen and oxygen atoms in total. The van der Waals surface area contributed by atoms with Gasteiger partial charge in [0.15, 0.2) is 0 Å². The van der Waals surface area contributed by atoms with Crippen LogP contribution in [0.5, 0.6) is 0 Å². The second-order valence-corrected chi connectivity index (χ2v) is 11.8. The van der Waals surface area contributed by atoms with Gasteiger partial charge in [0.2, 0.25) is 0 Å². The van der Waals surface area contributed by atoms with Crippen LogP contribution in [0.4, 0.5) is 0 Å². The summed E-state index contributed by atoms with van der Waals surface area (Å²) in [7, 11) is 0. The number of esters is 2. The van der Waals surface area contributed by atoms with Gasteiger partial charge in [-0.1, -0.05) is 146 Å². The average molecular weight is 619 g/mol. The molecule has 0 aromatic rings. The van der Waals surface area contributed by atoms with Crippen molar-refractivity contribution < 1.29 is 29.3 Å². The molecule has 0 spiro atoms. The second-order valence-electron chi connectivity index (χ2n) is 11.8. The number of aliphatic hydroxyl groups is 2. The lowest BCUT2D eigenvalue weighted by molar-refractivity contribution is -0.152.